The molecule has 7 heteroatoms. The Labute approximate surface area is 122 Å². The molecule has 0 radical (unpaired) electrons. The number of nitrogens with one attached hydrogen (secondary N) is 1. The van der Waals surface area contributed by atoms with Crippen molar-refractivity contribution in [2.24, 2.45) is 0 Å². The summed E-state index contributed by atoms with van der Waals surface area (Å²) in [5, 5.41) is 2.69. The fourth-order valence-corrected chi connectivity index (χ4v) is 2.50. The lowest BCUT2D eigenvalue weighted by Gasteiger charge is -2.34. The first kappa shape index (κ1) is 15.3. The normalized spacial score (nSPS) is 22.2. The molecule has 110 valence electrons. The molecular formula is C13H13BrF3NO2. The van der Waals surface area contributed by atoms with Gasteiger partial charge in [-0.2, -0.15) is 13.2 Å². The number of benzene rings is 1. The molecule has 1 amide bonds. The third kappa shape index (κ3) is 3.32. The lowest BCUT2D eigenvalue weighted by atomic mass is 9.89. The average Bonchev–Trinajstić information content (AvgIpc) is 2.32. The molecule has 1 N–H and O–H groups in total. The Balaban J connectivity index is 2.07. The van der Waals surface area contributed by atoms with Crippen LogP contribution >= 0.6 is 15.9 Å². The largest absolute Gasteiger partial charge is 0.417 e. The van der Waals surface area contributed by atoms with Crippen LogP contribution in [0.1, 0.15) is 28.8 Å². The van der Waals surface area contributed by atoms with Crippen molar-refractivity contribution in [1.29, 1.82) is 0 Å². The third-order valence-electron chi connectivity index (χ3n) is 3.30. The van der Waals surface area contributed by atoms with Gasteiger partial charge in [-0.15, -0.1) is 0 Å². The van der Waals surface area contributed by atoms with Crippen LogP contribution < -0.4 is 5.32 Å². The molecule has 1 saturated carbocycles. The van der Waals surface area contributed by atoms with Crippen molar-refractivity contribution < 1.29 is 22.7 Å². The van der Waals surface area contributed by atoms with Gasteiger partial charge >= 0.3 is 6.18 Å². The molecule has 0 heterocycles. The molecule has 1 aromatic carbocycles. The second kappa shape index (κ2) is 5.73. The van der Waals surface area contributed by atoms with Crippen molar-refractivity contribution >= 4 is 21.8 Å². The highest BCUT2D eigenvalue weighted by atomic mass is 79.9. The number of carbonyl (C=O) groups is 1. The predicted molar refractivity (Wildman–Crippen MR) is 70.4 cm³/mol. The smallest absolute Gasteiger partial charge is 0.381 e. The molecule has 2 rings (SSSR count). The average molecular weight is 352 g/mol. The van der Waals surface area contributed by atoms with Crippen LogP contribution in [-0.2, 0) is 10.9 Å². The third-order valence-corrected chi connectivity index (χ3v) is 3.99. The number of amides is 1. The minimum atomic E-state index is -4.49. The van der Waals surface area contributed by atoms with Crippen LogP contribution in [0.15, 0.2) is 22.7 Å². The van der Waals surface area contributed by atoms with Gasteiger partial charge in [0.25, 0.3) is 5.91 Å². The molecule has 0 atom stereocenters. The van der Waals surface area contributed by atoms with Gasteiger partial charge in [-0.05, 0) is 31.0 Å². The number of hydrogen-bond donors (Lipinski definition) is 1. The first-order chi connectivity index (χ1) is 9.31. The molecule has 3 nitrogen and oxygen atoms in total. The fourth-order valence-electron chi connectivity index (χ4n) is 2.03. The van der Waals surface area contributed by atoms with E-state index in [2.05, 4.69) is 21.2 Å². The predicted octanol–water partition coefficient (Wildman–Crippen LogP) is 3.38. The summed E-state index contributed by atoms with van der Waals surface area (Å²) in [5.41, 5.74) is -0.852. The zero-order chi connectivity index (χ0) is 14.9. The first-order valence-electron chi connectivity index (χ1n) is 6.01. The Hall–Kier alpha value is -1.08. The number of ether oxygens (including phenoxy) is 1. The molecule has 0 spiro atoms. The molecule has 1 aliphatic carbocycles. The molecule has 0 saturated heterocycles. The summed E-state index contributed by atoms with van der Waals surface area (Å²) in [6.45, 7) is 0. The number of rotatable bonds is 3. The van der Waals surface area contributed by atoms with Crippen LogP contribution in [-0.4, -0.2) is 25.2 Å². The Morgan fingerprint density at radius 1 is 1.40 bits per heavy atom. The van der Waals surface area contributed by atoms with Crippen molar-refractivity contribution in [3.8, 4) is 0 Å². The van der Waals surface area contributed by atoms with Gasteiger partial charge in [0.2, 0.25) is 0 Å². The van der Waals surface area contributed by atoms with E-state index < -0.39 is 17.6 Å². The van der Waals surface area contributed by atoms with E-state index in [9.17, 15) is 18.0 Å². The van der Waals surface area contributed by atoms with Gasteiger partial charge in [0.05, 0.1) is 11.7 Å². The molecule has 1 aromatic rings. The Bertz CT molecular complexity index is 513. The zero-order valence-electron chi connectivity index (χ0n) is 10.6. The summed E-state index contributed by atoms with van der Waals surface area (Å²) in [5.74, 6) is -0.498. The quantitative estimate of drug-likeness (QED) is 0.906. The van der Waals surface area contributed by atoms with E-state index in [-0.39, 0.29) is 22.2 Å². The number of halogens is 4. The molecule has 20 heavy (non-hydrogen) atoms. The molecule has 0 unspecified atom stereocenters. The number of alkyl halides is 3. The van der Waals surface area contributed by atoms with E-state index in [1.54, 1.807) is 7.11 Å². The number of carbonyl (C=O) groups excluding carboxylic acids is 1. The standard InChI is InChI=1S/C13H13BrF3NO2/c1-20-9-5-8(6-9)18-12(19)7-2-3-11(14)10(4-7)13(15,16)17/h2-4,8-9H,5-6H2,1H3,(H,18,19). The van der Waals surface area contributed by atoms with Gasteiger partial charge in [0.1, 0.15) is 0 Å². The van der Waals surface area contributed by atoms with E-state index in [0.717, 1.165) is 6.07 Å². The summed E-state index contributed by atoms with van der Waals surface area (Å²) in [7, 11) is 1.59. The van der Waals surface area contributed by atoms with Crippen LogP contribution in [0.5, 0.6) is 0 Å². The van der Waals surface area contributed by atoms with E-state index in [0.29, 0.717) is 12.8 Å². The lowest BCUT2D eigenvalue weighted by Crippen LogP contribution is -2.47. The van der Waals surface area contributed by atoms with Gasteiger partial charge in [0, 0.05) is 23.2 Å². The molecule has 1 aliphatic rings. The van der Waals surface area contributed by atoms with Gasteiger partial charge < -0.3 is 10.1 Å². The Kier molecular flexibility index (Phi) is 4.39. The lowest BCUT2D eigenvalue weighted by molar-refractivity contribution is -0.138. The topological polar surface area (TPSA) is 38.3 Å². The Morgan fingerprint density at radius 3 is 2.60 bits per heavy atom. The minimum Gasteiger partial charge on any atom is -0.381 e. The maximum atomic E-state index is 12.8. The van der Waals surface area contributed by atoms with Crippen molar-refractivity contribution in [3.63, 3.8) is 0 Å². The number of methoxy groups -OCH3 is 1. The second-order valence-electron chi connectivity index (χ2n) is 4.69. The van der Waals surface area contributed by atoms with Crippen LogP contribution in [0.4, 0.5) is 13.2 Å². The summed E-state index contributed by atoms with van der Waals surface area (Å²) >= 11 is 2.84. The van der Waals surface area contributed by atoms with Crippen molar-refractivity contribution in [2.45, 2.75) is 31.2 Å². The highest BCUT2D eigenvalue weighted by molar-refractivity contribution is 9.10. The number of hydrogen-bond acceptors (Lipinski definition) is 2. The van der Waals surface area contributed by atoms with Gasteiger partial charge in [-0.3, -0.25) is 4.79 Å². The molecule has 0 aromatic heterocycles. The van der Waals surface area contributed by atoms with E-state index in [1.165, 1.54) is 12.1 Å². The fraction of sp³-hybridized carbons (Fsp3) is 0.462. The maximum absolute atomic E-state index is 12.8. The van der Waals surface area contributed by atoms with Crippen molar-refractivity contribution in [1.82, 2.24) is 5.32 Å². The molecular weight excluding hydrogens is 339 g/mol. The minimum absolute atomic E-state index is 0.00129. The highest BCUT2D eigenvalue weighted by Crippen LogP contribution is 2.35. The van der Waals surface area contributed by atoms with Crippen molar-refractivity contribution in [3.05, 3.63) is 33.8 Å². The van der Waals surface area contributed by atoms with Gasteiger partial charge in [-0.25, -0.2) is 0 Å². The van der Waals surface area contributed by atoms with Crippen molar-refractivity contribution in [2.75, 3.05) is 7.11 Å². The maximum Gasteiger partial charge on any atom is 0.417 e. The summed E-state index contributed by atoms with van der Waals surface area (Å²) < 4.78 is 43.3. The molecule has 0 bridgehead atoms. The van der Waals surface area contributed by atoms with E-state index in [4.69, 9.17) is 4.74 Å². The first-order valence-corrected chi connectivity index (χ1v) is 6.81. The van der Waals surface area contributed by atoms with E-state index >= 15 is 0 Å². The summed E-state index contributed by atoms with van der Waals surface area (Å²) in [4.78, 5) is 11.9. The SMILES string of the molecule is COC1CC(NC(=O)c2ccc(Br)c(C(F)(F)F)c2)C1. The Morgan fingerprint density at radius 2 is 2.05 bits per heavy atom. The van der Waals surface area contributed by atoms with Crippen LogP contribution in [0.2, 0.25) is 0 Å². The second-order valence-corrected chi connectivity index (χ2v) is 5.55. The summed E-state index contributed by atoms with van der Waals surface area (Å²) in [6.07, 6.45) is -3.00. The monoisotopic (exact) mass is 351 g/mol. The molecule has 0 aliphatic heterocycles. The highest BCUT2D eigenvalue weighted by Gasteiger charge is 2.34. The zero-order valence-corrected chi connectivity index (χ0v) is 12.2. The van der Waals surface area contributed by atoms with Crippen LogP contribution in [0, 0.1) is 0 Å². The van der Waals surface area contributed by atoms with Gasteiger partial charge in [-0.1, -0.05) is 15.9 Å². The van der Waals surface area contributed by atoms with E-state index in [1.807, 2.05) is 0 Å². The summed E-state index contributed by atoms with van der Waals surface area (Å²) in [6, 6.07) is 3.41. The molecule has 1 fully saturated rings. The van der Waals surface area contributed by atoms with Gasteiger partial charge in [0.15, 0.2) is 0 Å². The van der Waals surface area contributed by atoms with Crippen LogP contribution in [0.3, 0.4) is 0 Å². The van der Waals surface area contributed by atoms with Crippen LogP contribution in [0.25, 0.3) is 0 Å².